The summed E-state index contributed by atoms with van der Waals surface area (Å²) in [5.41, 5.74) is 5.80. The molecule has 1 unspecified atom stereocenters. The summed E-state index contributed by atoms with van der Waals surface area (Å²) in [4.78, 5) is 21.8. The van der Waals surface area contributed by atoms with Crippen molar-refractivity contribution in [2.45, 2.75) is 12.5 Å². The Bertz CT molecular complexity index is 662. The standard InChI is InChI=1S/C11H14BrN3O5S/c1-21(19,20)5-4-9(13)11(16)14-10-3-2-7(15(17)18)6-8(10)12/h2-3,6,9H,4-5,13H2,1H3,(H,14,16). The molecule has 0 aliphatic heterocycles. The largest absolute Gasteiger partial charge is 0.324 e. The predicted octanol–water partition coefficient (Wildman–Crippen LogP) is 1.06. The smallest absolute Gasteiger partial charge is 0.270 e. The number of nitrogens with one attached hydrogen (secondary N) is 1. The molecule has 1 amide bonds. The van der Waals surface area contributed by atoms with Gasteiger partial charge in [0.05, 0.1) is 22.4 Å². The zero-order valence-electron chi connectivity index (χ0n) is 11.1. The van der Waals surface area contributed by atoms with Crippen LogP contribution in [0.2, 0.25) is 0 Å². The van der Waals surface area contributed by atoms with Crippen molar-refractivity contribution in [2.75, 3.05) is 17.3 Å². The molecule has 21 heavy (non-hydrogen) atoms. The highest BCUT2D eigenvalue weighted by Gasteiger charge is 2.18. The van der Waals surface area contributed by atoms with Crippen LogP contribution < -0.4 is 11.1 Å². The second kappa shape index (κ2) is 6.96. The number of carbonyl (C=O) groups is 1. The summed E-state index contributed by atoms with van der Waals surface area (Å²) in [6.07, 6.45) is 1.06. The Morgan fingerprint density at radius 3 is 2.62 bits per heavy atom. The maximum atomic E-state index is 11.8. The van der Waals surface area contributed by atoms with E-state index in [2.05, 4.69) is 21.2 Å². The number of nitrogens with two attached hydrogens (primary N) is 1. The van der Waals surface area contributed by atoms with E-state index in [0.717, 1.165) is 6.26 Å². The minimum atomic E-state index is -3.19. The first-order chi connectivity index (χ1) is 9.60. The number of anilines is 1. The van der Waals surface area contributed by atoms with Crippen LogP contribution in [0, 0.1) is 10.1 Å². The second-order valence-electron chi connectivity index (χ2n) is 4.44. The summed E-state index contributed by atoms with van der Waals surface area (Å²) in [6.45, 7) is 0. The number of non-ortho nitro benzene ring substituents is 1. The van der Waals surface area contributed by atoms with Crippen LogP contribution >= 0.6 is 15.9 Å². The number of sulfone groups is 1. The minimum Gasteiger partial charge on any atom is -0.324 e. The van der Waals surface area contributed by atoms with Gasteiger partial charge in [0.2, 0.25) is 5.91 Å². The molecule has 10 heteroatoms. The molecule has 0 aliphatic rings. The number of nitro groups is 1. The van der Waals surface area contributed by atoms with Gasteiger partial charge in [0.25, 0.3) is 5.69 Å². The van der Waals surface area contributed by atoms with Crippen molar-refractivity contribution in [3.8, 4) is 0 Å². The summed E-state index contributed by atoms with van der Waals surface area (Å²) in [6, 6.07) is 2.87. The highest BCUT2D eigenvalue weighted by molar-refractivity contribution is 9.10. The van der Waals surface area contributed by atoms with Gasteiger partial charge in [-0.15, -0.1) is 0 Å². The first kappa shape index (κ1) is 17.5. The van der Waals surface area contributed by atoms with Gasteiger partial charge in [0, 0.05) is 22.9 Å². The molecule has 3 N–H and O–H groups in total. The molecule has 0 radical (unpaired) electrons. The highest BCUT2D eigenvalue weighted by atomic mass is 79.9. The van der Waals surface area contributed by atoms with Gasteiger partial charge < -0.3 is 11.1 Å². The van der Waals surface area contributed by atoms with Gasteiger partial charge in [-0.2, -0.15) is 0 Å². The molecule has 1 aromatic carbocycles. The van der Waals surface area contributed by atoms with E-state index >= 15 is 0 Å². The average Bonchev–Trinajstić information content (AvgIpc) is 2.37. The fourth-order valence-corrected chi connectivity index (χ4v) is 2.56. The van der Waals surface area contributed by atoms with Crippen molar-refractivity contribution >= 4 is 43.0 Å². The van der Waals surface area contributed by atoms with E-state index in [1.54, 1.807) is 0 Å². The van der Waals surface area contributed by atoms with E-state index in [9.17, 15) is 23.3 Å². The zero-order chi connectivity index (χ0) is 16.2. The van der Waals surface area contributed by atoms with E-state index < -0.39 is 26.7 Å². The number of hydrogen-bond acceptors (Lipinski definition) is 6. The monoisotopic (exact) mass is 379 g/mol. The molecule has 1 rings (SSSR count). The Kier molecular flexibility index (Phi) is 5.81. The van der Waals surface area contributed by atoms with Crippen LogP contribution in [0.4, 0.5) is 11.4 Å². The van der Waals surface area contributed by atoms with Crippen molar-refractivity contribution in [1.82, 2.24) is 0 Å². The molecule has 0 heterocycles. The number of hydrogen-bond donors (Lipinski definition) is 2. The molecular formula is C11H14BrN3O5S. The molecule has 0 saturated carbocycles. The van der Waals surface area contributed by atoms with Crippen molar-refractivity contribution in [2.24, 2.45) is 5.73 Å². The molecule has 0 bridgehead atoms. The quantitative estimate of drug-likeness (QED) is 0.560. The number of amides is 1. The SMILES string of the molecule is CS(=O)(=O)CCC(N)C(=O)Nc1ccc([N+](=O)[O-])cc1Br. The van der Waals surface area contributed by atoms with E-state index in [0.29, 0.717) is 10.2 Å². The number of nitro benzene ring substituents is 1. The lowest BCUT2D eigenvalue weighted by atomic mass is 10.2. The van der Waals surface area contributed by atoms with E-state index in [1.807, 2.05) is 0 Å². The van der Waals surface area contributed by atoms with E-state index in [-0.39, 0.29) is 17.9 Å². The van der Waals surface area contributed by atoms with Crippen molar-refractivity contribution in [1.29, 1.82) is 0 Å². The lowest BCUT2D eigenvalue weighted by Crippen LogP contribution is -2.37. The van der Waals surface area contributed by atoms with Crippen LogP contribution in [0.15, 0.2) is 22.7 Å². The van der Waals surface area contributed by atoms with E-state index in [4.69, 9.17) is 5.73 Å². The first-order valence-electron chi connectivity index (χ1n) is 5.78. The van der Waals surface area contributed by atoms with Gasteiger partial charge in [-0.05, 0) is 28.4 Å². The fourth-order valence-electron chi connectivity index (χ4n) is 1.42. The summed E-state index contributed by atoms with van der Waals surface area (Å²) in [5.74, 6) is -0.753. The molecule has 116 valence electrons. The third kappa shape index (κ3) is 5.78. The van der Waals surface area contributed by atoms with Crippen molar-refractivity contribution in [3.05, 3.63) is 32.8 Å². The van der Waals surface area contributed by atoms with Gasteiger partial charge in [-0.1, -0.05) is 0 Å². The Labute approximate surface area is 129 Å². The molecule has 1 aromatic rings. The fraction of sp³-hybridized carbons (Fsp3) is 0.364. The maximum Gasteiger partial charge on any atom is 0.270 e. The average molecular weight is 380 g/mol. The molecule has 0 saturated heterocycles. The van der Waals surface area contributed by atoms with Crippen LogP contribution in [0.25, 0.3) is 0 Å². The van der Waals surface area contributed by atoms with Crippen molar-refractivity contribution < 1.29 is 18.1 Å². The topological polar surface area (TPSA) is 132 Å². The molecule has 0 spiro atoms. The number of carbonyl (C=O) groups excluding carboxylic acids is 1. The van der Waals surface area contributed by atoms with Crippen LogP contribution in [-0.4, -0.2) is 37.3 Å². The summed E-state index contributed by atoms with van der Waals surface area (Å²) < 4.78 is 22.4. The lowest BCUT2D eigenvalue weighted by molar-refractivity contribution is -0.384. The van der Waals surface area contributed by atoms with Gasteiger partial charge in [-0.3, -0.25) is 14.9 Å². The number of benzene rings is 1. The van der Waals surface area contributed by atoms with Crippen LogP contribution in [-0.2, 0) is 14.6 Å². The molecule has 8 nitrogen and oxygen atoms in total. The number of halogens is 1. The minimum absolute atomic E-state index is 0.00470. The second-order valence-corrected chi connectivity index (χ2v) is 7.55. The van der Waals surface area contributed by atoms with Gasteiger partial charge >= 0.3 is 0 Å². The molecule has 0 fully saturated rings. The van der Waals surface area contributed by atoms with Gasteiger partial charge in [0.15, 0.2) is 0 Å². The highest BCUT2D eigenvalue weighted by Crippen LogP contribution is 2.27. The van der Waals surface area contributed by atoms with E-state index in [1.165, 1.54) is 18.2 Å². The summed E-state index contributed by atoms with van der Waals surface area (Å²) in [5, 5.41) is 13.1. The Morgan fingerprint density at radius 2 is 2.14 bits per heavy atom. The molecule has 1 atom stereocenters. The Balaban J connectivity index is 2.72. The Hall–Kier alpha value is -1.52. The van der Waals surface area contributed by atoms with Crippen LogP contribution in [0.1, 0.15) is 6.42 Å². The normalized spacial score (nSPS) is 12.7. The molecular weight excluding hydrogens is 366 g/mol. The number of rotatable bonds is 6. The third-order valence-corrected chi connectivity index (χ3v) is 4.19. The zero-order valence-corrected chi connectivity index (χ0v) is 13.5. The van der Waals surface area contributed by atoms with Crippen LogP contribution in [0.5, 0.6) is 0 Å². The Morgan fingerprint density at radius 1 is 1.52 bits per heavy atom. The maximum absolute atomic E-state index is 11.8. The number of nitrogens with zero attached hydrogens (tertiary/aromatic N) is 1. The van der Waals surface area contributed by atoms with Crippen LogP contribution in [0.3, 0.4) is 0 Å². The van der Waals surface area contributed by atoms with Gasteiger partial charge in [-0.25, -0.2) is 8.42 Å². The molecule has 0 aliphatic carbocycles. The summed E-state index contributed by atoms with van der Waals surface area (Å²) in [7, 11) is -3.19. The molecule has 0 aromatic heterocycles. The third-order valence-electron chi connectivity index (χ3n) is 2.56. The predicted molar refractivity (Wildman–Crippen MR) is 81.7 cm³/mol. The lowest BCUT2D eigenvalue weighted by Gasteiger charge is -2.12. The van der Waals surface area contributed by atoms with Crippen molar-refractivity contribution in [3.63, 3.8) is 0 Å². The summed E-state index contributed by atoms with van der Waals surface area (Å²) >= 11 is 3.11. The van der Waals surface area contributed by atoms with Gasteiger partial charge in [0.1, 0.15) is 9.84 Å². The first-order valence-corrected chi connectivity index (χ1v) is 8.63.